The molecular weight excluding hydrogens is 334 g/mol. The number of esters is 1. The summed E-state index contributed by atoms with van der Waals surface area (Å²) in [5, 5.41) is 9.21. The number of carbonyl (C=O) groups excluding carboxylic acids is 1. The van der Waals surface area contributed by atoms with E-state index in [0.29, 0.717) is 6.42 Å². The topological polar surface area (TPSA) is 72.5 Å². The van der Waals surface area contributed by atoms with Crippen LogP contribution in [0.4, 0.5) is 0 Å². The number of aromatic hydroxyl groups is 1. The summed E-state index contributed by atoms with van der Waals surface area (Å²) in [6, 6.07) is 13.4. The zero-order chi connectivity index (χ0) is 15.2. The van der Waals surface area contributed by atoms with Crippen molar-refractivity contribution in [2.75, 3.05) is 0 Å². The van der Waals surface area contributed by atoms with Crippen LogP contribution in [0, 0.1) is 0 Å². The highest BCUT2D eigenvalue weighted by Crippen LogP contribution is 2.14. The fourth-order valence-electron chi connectivity index (χ4n) is 1.86. The Hall–Kier alpha value is -1.85. The molecule has 2 aromatic rings. The lowest BCUT2D eigenvalue weighted by Gasteiger charge is -2.12. The lowest BCUT2D eigenvalue weighted by atomic mass is 10.1. The third-order valence-electron chi connectivity index (χ3n) is 2.96. The van der Waals surface area contributed by atoms with Crippen molar-refractivity contribution in [2.45, 2.75) is 19.1 Å². The first kappa shape index (κ1) is 15.5. The Morgan fingerprint density at radius 2 is 1.90 bits per heavy atom. The average molecular weight is 350 g/mol. The fourth-order valence-corrected chi connectivity index (χ4v) is 2.30. The molecule has 4 nitrogen and oxygen atoms in total. The van der Waals surface area contributed by atoms with Crippen molar-refractivity contribution in [1.82, 2.24) is 0 Å². The molecule has 0 spiro atoms. The van der Waals surface area contributed by atoms with E-state index in [1.807, 2.05) is 24.3 Å². The summed E-state index contributed by atoms with van der Waals surface area (Å²) in [4.78, 5) is 11.9. The van der Waals surface area contributed by atoms with Gasteiger partial charge in [0.15, 0.2) is 0 Å². The van der Waals surface area contributed by atoms with Crippen LogP contribution in [0.3, 0.4) is 0 Å². The van der Waals surface area contributed by atoms with Crippen molar-refractivity contribution in [1.29, 1.82) is 0 Å². The maximum Gasteiger partial charge on any atom is 0.323 e. The summed E-state index contributed by atoms with van der Waals surface area (Å²) in [6.07, 6.45) is 0.373. The number of carbonyl (C=O) groups is 1. The molecule has 0 aromatic heterocycles. The van der Waals surface area contributed by atoms with Crippen molar-refractivity contribution in [2.24, 2.45) is 5.73 Å². The average Bonchev–Trinajstić information content (AvgIpc) is 2.47. The predicted octanol–water partition coefficient (Wildman–Crippen LogP) is 2.77. The highest BCUT2D eigenvalue weighted by Gasteiger charge is 2.15. The van der Waals surface area contributed by atoms with E-state index in [1.165, 1.54) is 0 Å². The molecule has 0 heterocycles. The summed E-state index contributed by atoms with van der Waals surface area (Å²) >= 11 is 3.36. The highest BCUT2D eigenvalue weighted by molar-refractivity contribution is 9.10. The van der Waals surface area contributed by atoms with Gasteiger partial charge in [-0.2, -0.15) is 0 Å². The van der Waals surface area contributed by atoms with E-state index in [2.05, 4.69) is 15.9 Å². The Morgan fingerprint density at radius 3 is 2.57 bits per heavy atom. The van der Waals surface area contributed by atoms with Crippen molar-refractivity contribution in [3.63, 3.8) is 0 Å². The molecular formula is C16H16BrNO3. The lowest BCUT2D eigenvalue weighted by molar-refractivity contribution is -0.146. The molecule has 2 rings (SSSR count). The number of benzene rings is 2. The molecule has 0 radical (unpaired) electrons. The van der Waals surface area contributed by atoms with Gasteiger partial charge in [-0.1, -0.05) is 40.2 Å². The summed E-state index contributed by atoms with van der Waals surface area (Å²) in [7, 11) is 0. The molecule has 0 amide bonds. The minimum absolute atomic E-state index is 0.185. The summed E-state index contributed by atoms with van der Waals surface area (Å²) < 4.78 is 6.14. The molecule has 5 heteroatoms. The van der Waals surface area contributed by atoms with E-state index >= 15 is 0 Å². The molecule has 110 valence electrons. The molecule has 21 heavy (non-hydrogen) atoms. The van der Waals surface area contributed by atoms with E-state index in [1.54, 1.807) is 24.3 Å². The zero-order valence-corrected chi connectivity index (χ0v) is 12.9. The van der Waals surface area contributed by atoms with Crippen LogP contribution in [-0.2, 0) is 22.6 Å². The molecule has 0 aliphatic heterocycles. The Labute approximate surface area is 131 Å². The molecule has 1 unspecified atom stereocenters. The number of hydrogen-bond donors (Lipinski definition) is 2. The third kappa shape index (κ3) is 4.88. The van der Waals surface area contributed by atoms with Crippen molar-refractivity contribution in [3.8, 4) is 5.75 Å². The molecule has 0 saturated heterocycles. The van der Waals surface area contributed by atoms with Gasteiger partial charge in [-0.25, -0.2) is 0 Å². The van der Waals surface area contributed by atoms with Crippen molar-refractivity contribution in [3.05, 3.63) is 64.1 Å². The standard InChI is InChI=1S/C16H16BrNO3/c17-13-3-1-2-12(8-13)10-21-16(20)15(18)9-11-4-6-14(19)7-5-11/h1-8,15,19H,9-10,18H2. The van der Waals surface area contributed by atoms with Crippen LogP contribution >= 0.6 is 15.9 Å². The lowest BCUT2D eigenvalue weighted by Crippen LogP contribution is -2.34. The highest BCUT2D eigenvalue weighted by atomic mass is 79.9. The molecule has 0 fully saturated rings. The fraction of sp³-hybridized carbons (Fsp3) is 0.188. The zero-order valence-electron chi connectivity index (χ0n) is 11.3. The Bertz CT molecular complexity index is 613. The maximum atomic E-state index is 11.9. The van der Waals surface area contributed by atoms with Crippen LogP contribution in [0.2, 0.25) is 0 Å². The van der Waals surface area contributed by atoms with E-state index in [-0.39, 0.29) is 12.4 Å². The van der Waals surface area contributed by atoms with Crippen LogP contribution in [0.1, 0.15) is 11.1 Å². The largest absolute Gasteiger partial charge is 0.508 e. The van der Waals surface area contributed by atoms with Crippen molar-refractivity contribution < 1.29 is 14.6 Å². The van der Waals surface area contributed by atoms with E-state index in [4.69, 9.17) is 10.5 Å². The van der Waals surface area contributed by atoms with Gasteiger partial charge in [0.05, 0.1) is 0 Å². The number of hydrogen-bond acceptors (Lipinski definition) is 4. The number of halogens is 1. The number of ether oxygens (including phenoxy) is 1. The Kier molecular flexibility index (Phi) is 5.36. The summed E-state index contributed by atoms with van der Waals surface area (Å²) in [5.41, 5.74) is 7.61. The van der Waals surface area contributed by atoms with Gasteiger partial charge in [0, 0.05) is 4.47 Å². The molecule has 1 atom stereocenters. The molecule has 0 bridgehead atoms. The third-order valence-corrected chi connectivity index (χ3v) is 3.46. The summed E-state index contributed by atoms with van der Waals surface area (Å²) in [6.45, 7) is 0.196. The Balaban J connectivity index is 1.86. The smallest absolute Gasteiger partial charge is 0.323 e. The maximum absolute atomic E-state index is 11.9. The van der Waals surface area contributed by atoms with Crippen LogP contribution in [0.15, 0.2) is 53.0 Å². The number of nitrogens with two attached hydrogens (primary N) is 1. The van der Waals surface area contributed by atoms with E-state index < -0.39 is 12.0 Å². The van der Waals surface area contributed by atoms with E-state index in [0.717, 1.165) is 15.6 Å². The normalized spacial score (nSPS) is 11.9. The molecule has 3 N–H and O–H groups in total. The first-order valence-corrected chi connectivity index (χ1v) is 7.28. The second kappa shape index (κ2) is 7.24. The van der Waals surface area contributed by atoms with Gasteiger partial charge < -0.3 is 15.6 Å². The number of phenolic OH excluding ortho intramolecular Hbond substituents is 1. The minimum atomic E-state index is -0.721. The predicted molar refractivity (Wildman–Crippen MR) is 83.7 cm³/mol. The van der Waals surface area contributed by atoms with Gasteiger partial charge in [-0.3, -0.25) is 4.79 Å². The SMILES string of the molecule is NC(Cc1ccc(O)cc1)C(=O)OCc1cccc(Br)c1. The van der Waals surface area contributed by atoms with E-state index in [9.17, 15) is 9.90 Å². The molecule has 0 aliphatic carbocycles. The first-order valence-electron chi connectivity index (χ1n) is 6.49. The van der Waals surface area contributed by atoms with Gasteiger partial charge >= 0.3 is 5.97 Å². The Morgan fingerprint density at radius 1 is 1.19 bits per heavy atom. The number of rotatable bonds is 5. The summed E-state index contributed by atoms with van der Waals surface area (Å²) in [5.74, 6) is -0.257. The van der Waals surface area contributed by atoms with Gasteiger partial charge in [-0.05, 0) is 41.8 Å². The van der Waals surface area contributed by atoms with Crippen LogP contribution in [-0.4, -0.2) is 17.1 Å². The van der Waals surface area contributed by atoms with Gasteiger partial charge in [0.1, 0.15) is 18.4 Å². The second-order valence-electron chi connectivity index (χ2n) is 4.71. The quantitative estimate of drug-likeness (QED) is 0.814. The van der Waals surface area contributed by atoms with Crippen LogP contribution < -0.4 is 5.73 Å². The monoisotopic (exact) mass is 349 g/mol. The number of phenols is 1. The van der Waals surface area contributed by atoms with Crippen molar-refractivity contribution >= 4 is 21.9 Å². The van der Waals surface area contributed by atoms with Gasteiger partial charge in [0.25, 0.3) is 0 Å². The van der Waals surface area contributed by atoms with Crippen LogP contribution in [0.25, 0.3) is 0 Å². The van der Waals surface area contributed by atoms with Gasteiger partial charge in [0.2, 0.25) is 0 Å². The first-order chi connectivity index (χ1) is 10.0. The second-order valence-corrected chi connectivity index (χ2v) is 5.63. The van der Waals surface area contributed by atoms with Crippen LogP contribution in [0.5, 0.6) is 5.75 Å². The molecule has 0 aliphatic rings. The molecule has 2 aromatic carbocycles. The minimum Gasteiger partial charge on any atom is -0.508 e. The van der Waals surface area contributed by atoms with Gasteiger partial charge in [-0.15, -0.1) is 0 Å². The molecule has 0 saturated carbocycles.